The molecule has 6 nitrogen and oxygen atoms in total. The van der Waals surface area contributed by atoms with Gasteiger partial charge in [0.25, 0.3) is 0 Å². The Hall–Kier alpha value is -2.37. The predicted molar refractivity (Wildman–Crippen MR) is 279 cm³/mol. The molecule has 0 spiro atoms. The summed E-state index contributed by atoms with van der Waals surface area (Å²) in [6, 6.07) is 0. The van der Waals surface area contributed by atoms with Crippen LogP contribution in [0.1, 0.15) is 303 Å². The van der Waals surface area contributed by atoms with E-state index in [1.165, 1.54) is 186 Å². The van der Waals surface area contributed by atoms with Crippen LogP contribution in [0.2, 0.25) is 0 Å². The number of ether oxygens (including phenoxy) is 3. The van der Waals surface area contributed by atoms with Crippen molar-refractivity contribution in [1.82, 2.24) is 0 Å². The van der Waals surface area contributed by atoms with E-state index in [-0.39, 0.29) is 31.1 Å². The van der Waals surface area contributed by atoms with E-state index >= 15 is 0 Å². The maximum absolute atomic E-state index is 12.8. The Morgan fingerprint density at radius 3 is 0.954 bits per heavy atom. The van der Waals surface area contributed by atoms with Crippen molar-refractivity contribution in [3.05, 3.63) is 36.5 Å². The first-order valence-electron chi connectivity index (χ1n) is 28.5. The molecule has 1 atom stereocenters. The zero-order valence-corrected chi connectivity index (χ0v) is 43.5. The number of carbonyl (C=O) groups is 3. The van der Waals surface area contributed by atoms with Crippen LogP contribution in [0.15, 0.2) is 36.5 Å². The van der Waals surface area contributed by atoms with Crippen LogP contribution in [-0.4, -0.2) is 37.2 Å². The van der Waals surface area contributed by atoms with Crippen molar-refractivity contribution in [3.8, 4) is 0 Å². The average Bonchev–Trinajstić information content (AvgIpc) is 3.30. The van der Waals surface area contributed by atoms with Crippen molar-refractivity contribution < 1.29 is 28.6 Å². The lowest BCUT2D eigenvalue weighted by Gasteiger charge is -2.18. The molecule has 1 unspecified atom stereocenters. The maximum atomic E-state index is 12.8. The Morgan fingerprint density at radius 2 is 0.600 bits per heavy atom. The van der Waals surface area contributed by atoms with E-state index in [1.54, 1.807) is 0 Å². The molecule has 0 aliphatic heterocycles. The van der Waals surface area contributed by atoms with Crippen LogP contribution in [0.3, 0.4) is 0 Å². The molecule has 65 heavy (non-hydrogen) atoms. The summed E-state index contributed by atoms with van der Waals surface area (Å²) in [6.07, 6.45) is 64.2. The lowest BCUT2D eigenvalue weighted by Crippen LogP contribution is -2.30. The zero-order chi connectivity index (χ0) is 47.2. The predicted octanol–water partition coefficient (Wildman–Crippen LogP) is 18.9. The molecule has 0 saturated carbocycles. The van der Waals surface area contributed by atoms with Gasteiger partial charge in [-0.3, -0.25) is 14.4 Å². The number of esters is 3. The molecular formula is C59H108O6. The molecule has 0 rings (SSSR count). The van der Waals surface area contributed by atoms with Crippen LogP contribution >= 0.6 is 0 Å². The highest BCUT2D eigenvalue weighted by atomic mass is 16.6. The summed E-state index contributed by atoms with van der Waals surface area (Å²) in [5.74, 6) is -0.869. The second kappa shape index (κ2) is 54.2. The van der Waals surface area contributed by atoms with Gasteiger partial charge in [0.1, 0.15) is 13.2 Å². The Bertz CT molecular complexity index is 1090. The fourth-order valence-corrected chi connectivity index (χ4v) is 8.36. The van der Waals surface area contributed by atoms with Gasteiger partial charge in [-0.2, -0.15) is 0 Å². The molecule has 6 heteroatoms. The molecular weight excluding hydrogens is 805 g/mol. The van der Waals surface area contributed by atoms with E-state index in [4.69, 9.17) is 14.2 Å². The number of hydrogen-bond acceptors (Lipinski definition) is 6. The van der Waals surface area contributed by atoms with Gasteiger partial charge in [0, 0.05) is 19.3 Å². The van der Waals surface area contributed by atoms with Crippen molar-refractivity contribution in [2.75, 3.05) is 13.2 Å². The zero-order valence-electron chi connectivity index (χ0n) is 43.5. The minimum Gasteiger partial charge on any atom is -0.462 e. The Kier molecular flexibility index (Phi) is 52.3. The summed E-state index contributed by atoms with van der Waals surface area (Å²) in [5.41, 5.74) is 0. The molecule has 0 aromatic carbocycles. The number of hydrogen-bond donors (Lipinski definition) is 0. The maximum Gasteiger partial charge on any atom is 0.306 e. The summed E-state index contributed by atoms with van der Waals surface area (Å²) in [4.78, 5) is 38.1. The standard InChI is InChI=1S/C59H108O6/c1-4-7-10-13-16-19-22-25-28-29-30-32-34-37-40-43-46-49-52-58(61)64-55-56(54-63-57(60)51-48-45-42-39-36-33-27-24-21-18-15-12-9-6-3)65-59(62)53-50-47-44-41-38-35-31-26-23-20-17-14-11-8-5-2/h9,12,18,20-21,23,56H,4-8,10-11,13-17,19,22,24-55H2,1-3H3/b12-9-,21-18-,23-20-. The first-order chi connectivity index (χ1) is 32.0. The van der Waals surface area contributed by atoms with Gasteiger partial charge >= 0.3 is 17.9 Å². The van der Waals surface area contributed by atoms with Crippen LogP contribution < -0.4 is 0 Å². The van der Waals surface area contributed by atoms with Gasteiger partial charge in [-0.1, -0.05) is 250 Å². The fraction of sp³-hybridized carbons (Fsp3) is 0.847. The van der Waals surface area contributed by atoms with E-state index < -0.39 is 6.10 Å². The molecule has 0 N–H and O–H groups in total. The second-order valence-corrected chi connectivity index (χ2v) is 19.2. The third-order valence-electron chi connectivity index (χ3n) is 12.6. The van der Waals surface area contributed by atoms with Gasteiger partial charge in [-0.15, -0.1) is 0 Å². The summed E-state index contributed by atoms with van der Waals surface area (Å²) in [7, 11) is 0. The largest absolute Gasteiger partial charge is 0.462 e. The number of allylic oxidation sites excluding steroid dienone is 6. The van der Waals surface area contributed by atoms with E-state index in [2.05, 4.69) is 57.2 Å². The highest BCUT2D eigenvalue weighted by Crippen LogP contribution is 2.17. The third kappa shape index (κ3) is 52.5. The third-order valence-corrected chi connectivity index (χ3v) is 12.6. The Balaban J connectivity index is 4.33. The summed E-state index contributed by atoms with van der Waals surface area (Å²) in [5, 5.41) is 0. The van der Waals surface area contributed by atoms with Crippen molar-refractivity contribution in [3.63, 3.8) is 0 Å². The minimum absolute atomic E-state index is 0.0728. The highest BCUT2D eigenvalue weighted by molar-refractivity contribution is 5.71. The van der Waals surface area contributed by atoms with E-state index in [0.717, 1.165) is 77.0 Å². The van der Waals surface area contributed by atoms with Gasteiger partial charge in [0.05, 0.1) is 0 Å². The van der Waals surface area contributed by atoms with Gasteiger partial charge in [-0.25, -0.2) is 0 Å². The second-order valence-electron chi connectivity index (χ2n) is 19.2. The summed E-state index contributed by atoms with van der Waals surface area (Å²) >= 11 is 0. The lowest BCUT2D eigenvalue weighted by molar-refractivity contribution is -0.167. The van der Waals surface area contributed by atoms with Crippen molar-refractivity contribution in [2.45, 2.75) is 309 Å². The normalized spacial score (nSPS) is 12.2. The van der Waals surface area contributed by atoms with E-state index in [0.29, 0.717) is 19.3 Å². The molecule has 0 radical (unpaired) electrons. The fourth-order valence-electron chi connectivity index (χ4n) is 8.36. The number of unbranched alkanes of at least 4 members (excludes halogenated alkanes) is 35. The molecule has 0 saturated heterocycles. The van der Waals surface area contributed by atoms with Crippen molar-refractivity contribution in [2.24, 2.45) is 0 Å². The Morgan fingerprint density at radius 1 is 0.323 bits per heavy atom. The van der Waals surface area contributed by atoms with Crippen LogP contribution in [0.4, 0.5) is 0 Å². The smallest absolute Gasteiger partial charge is 0.306 e. The molecule has 0 aromatic rings. The topological polar surface area (TPSA) is 78.9 Å². The van der Waals surface area contributed by atoms with Gasteiger partial charge in [0.15, 0.2) is 6.10 Å². The van der Waals surface area contributed by atoms with E-state index in [1.807, 2.05) is 0 Å². The molecule has 0 fully saturated rings. The van der Waals surface area contributed by atoms with Crippen LogP contribution in [-0.2, 0) is 28.6 Å². The van der Waals surface area contributed by atoms with Crippen molar-refractivity contribution >= 4 is 17.9 Å². The van der Waals surface area contributed by atoms with Crippen LogP contribution in [0, 0.1) is 0 Å². The average molecular weight is 914 g/mol. The van der Waals surface area contributed by atoms with Crippen LogP contribution in [0.25, 0.3) is 0 Å². The number of carbonyl (C=O) groups excluding carboxylic acids is 3. The molecule has 0 amide bonds. The van der Waals surface area contributed by atoms with Gasteiger partial charge < -0.3 is 14.2 Å². The first kappa shape index (κ1) is 62.6. The molecule has 0 aromatic heterocycles. The quantitative estimate of drug-likeness (QED) is 0.0262. The molecule has 0 heterocycles. The number of rotatable bonds is 52. The molecule has 0 aliphatic carbocycles. The minimum atomic E-state index is -0.774. The van der Waals surface area contributed by atoms with E-state index in [9.17, 15) is 14.4 Å². The summed E-state index contributed by atoms with van der Waals surface area (Å²) < 4.78 is 16.9. The lowest BCUT2D eigenvalue weighted by atomic mass is 10.0. The van der Waals surface area contributed by atoms with Crippen LogP contribution in [0.5, 0.6) is 0 Å². The molecule has 0 aliphatic rings. The van der Waals surface area contributed by atoms with Crippen molar-refractivity contribution in [1.29, 1.82) is 0 Å². The summed E-state index contributed by atoms with van der Waals surface area (Å²) in [6.45, 7) is 6.55. The SMILES string of the molecule is CC/C=C\C/C=C\CCCCCCCCCC(=O)OCC(COC(=O)CCCCCCCCCCCCCCCCCCCC)OC(=O)CCCCCCCCC/C=C\CCCCCC. The van der Waals surface area contributed by atoms with Gasteiger partial charge in [-0.05, 0) is 70.6 Å². The molecule has 380 valence electrons. The first-order valence-corrected chi connectivity index (χ1v) is 28.5. The van der Waals surface area contributed by atoms with Gasteiger partial charge in [0.2, 0.25) is 0 Å². The Labute approximate surface area is 404 Å². The molecule has 0 bridgehead atoms. The highest BCUT2D eigenvalue weighted by Gasteiger charge is 2.19. The monoisotopic (exact) mass is 913 g/mol.